The summed E-state index contributed by atoms with van der Waals surface area (Å²) in [6.45, 7) is 4.91. The zero-order valence-electron chi connectivity index (χ0n) is 11.1. The van der Waals surface area contributed by atoms with Crippen molar-refractivity contribution in [2.45, 2.75) is 51.9 Å². The highest BCUT2D eigenvalue weighted by atomic mass is 16.2. The van der Waals surface area contributed by atoms with E-state index in [1.54, 1.807) is 0 Å². The molecule has 1 atom stereocenters. The van der Waals surface area contributed by atoms with Crippen LogP contribution in [0.5, 0.6) is 0 Å². The molecule has 2 aliphatic rings. The van der Waals surface area contributed by atoms with Gasteiger partial charge in [-0.3, -0.25) is 4.79 Å². The molecule has 0 aromatic rings. The van der Waals surface area contributed by atoms with Crippen molar-refractivity contribution < 1.29 is 4.79 Å². The number of carbonyl (C=O) groups is 1. The SMILES string of the molecule is CCCC1(C(=O)NCCCC2CC2)CCNC1. The maximum atomic E-state index is 12.3. The van der Waals surface area contributed by atoms with E-state index in [4.69, 9.17) is 0 Å². The second-order valence-electron chi connectivity index (χ2n) is 5.80. The van der Waals surface area contributed by atoms with Crippen LogP contribution in [0.25, 0.3) is 0 Å². The summed E-state index contributed by atoms with van der Waals surface area (Å²) in [5, 5.41) is 6.49. The number of rotatable bonds is 7. The highest BCUT2D eigenvalue weighted by Crippen LogP contribution is 2.33. The van der Waals surface area contributed by atoms with Crippen LogP contribution in [-0.2, 0) is 4.79 Å². The molecule has 2 N–H and O–H groups in total. The van der Waals surface area contributed by atoms with Crippen LogP contribution >= 0.6 is 0 Å². The summed E-state index contributed by atoms with van der Waals surface area (Å²) in [7, 11) is 0. The van der Waals surface area contributed by atoms with E-state index in [9.17, 15) is 4.79 Å². The van der Waals surface area contributed by atoms with Gasteiger partial charge in [0.05, 0.1) is 5.41 Å². The molecule has 0 aromatic heterocycles. The smallest absolute Gasteiger partial charge is 0.227 e. The number of amides is 1. The van der Waals surface area contributed by atoms with Crippen molar-refractivity contribution in [1.82, 2.24) is 10.6 Å². The van der Waals surface area contributed by atoms with Gasteiger partial charge in [-0.25, -0.2) is 0 Å². The standard InChI is InChI=1S/C14H26N2O/c1-2-7-14(8-10-15-11-14)13(17)16-9-3-4-12-5-6-12/h12,15H,2-11H2,1H3,(H,16,17). The number of hydrogen-bond donors (Lipinski definition) is 2. The normalized spacial score (nSPS) is 28.3. The Morgan fingerprint density at radius 1 is 1.47 bits per heavy atom. The van der Waals surface area contributed by atoms with Crippen LogP contribution in [0.3, 0.4) is 0 Å². The first-order valence-corrected chi connectivity index (χ1v) is 7.26. The molecule has 1 aliphatic carbocycles. The van der Waals surface area contributed by atoms with E-state index < -0.39 is 0 Å². The van der Waals surface area contributed by atoms with Crippen molar-refractivity contribution >= 4 is 5.91 Å². The molecule has 3 nitrogen and oxygen atoms in total. The van der Waals surface area contributed by atoms with Crippen molar-refractivity contribution in [2.75, 3.05) is 19.6 Å². The number of hydrogen-bond acceptors (Lipinski definition) is 2. The third kappa shape index (κ3) is 3.44. The van der Waals surface area contributed by atoms with E-state index in [1.165, 1.54) is 19.3 Å². The summed E-state index contributed by atoms with van der Waals surface area (Å²) in [4.78, 5) is 12.3. The Morgan fingerprint density at radius 2 is 2.29 bits per heavy atom. The molecular weight excluding hydrogens is 212 g/mol. The molecular formula is C14H26N2O. The van der Waals surface area contributed by atoms with Crippen LogP contribution in [0.4, 0.5) is 0 Å². The highest BCUT2D eigenvalue weighted by molar-refractivity contribution is 5.83. The van der Waals surface area contributed by atoms with E-state index >= 15 is 0 Å². The molecule has 1 aliphatic heterocycles. The van der Waals surface area contributed by atoms with Crippen molar-refractivity contribution in [3.63, 3.8) is 0 Å². The van der Waals surface area contributed by atoms with Gasteiger partial charge in [0.1, 0.15) is 0 Å². The first kappa shape index (κ1) is 12.9. The minimum absolute atomic E-state index is 0.103. The Bertz CT molecular complexity index is 255. The third-order valence-electron chi connectivity index (χ3n) is 4.23. The zero-order valence-corrected chi connectivity index (χ0v) is 11.1. The monoisotopic (exact) mass is 238 g/mol. The molecule has 1 saturated heterocycles. The van der Waals surface area contributed by atoms with E-state index in [-0.39, 0.29) is 5.41 Å². The van der Waals surface area contributed by atoms with Crippen LogP contribution in [0.1, 0.15) is 51.9 Å². The molecule has 0 radical (unpaired) electrons. The largest absolute Gasteiger partial charge is 0.356 e. The van der Waals surface area contributed by atoms with Gasteiger partial charge in [-0.2, -0.15) is 0 Å². The molecule has 0 spiro atoms. The Kier molecular flexibility index (Phi) is 4.43. The Labute approximate surface area is 105 Å². The molecule has 2 rings (SSSR count). The van der Waals surface area contributed by atoms with Gasteiger partial charge in [-0.15, -0.1) is 0 Å². The quantitative estimate of drug-likeness (QED) is 0.667. The van der Waals surface area contributed by atoms with Gasteiger partial charge >= 0.3 is 0 Å². The van der Waals surface area contributed by atoms with Crippen LogP contribution in [0, 0.1) is 11.3 Å². The predicted molar refractivity (Wildman–Crippen MR) is 69.8 cm³/mol. The first-order valence-electron chi connectivity index (χ1n) is 7.26. The summed E-state index contributed by atoms with van der Waals surface area (Å²) >= 11 is 0. The zero-order chi connectivity index (χ0) is 12.1. The average molecular weight is 238 g/mol. The molecule has 1 unspecified atom stereocenters. The molecule has 1 saturated carbocycles. The highest BCUT2D eigenvalue weighted by Gasteiger charge is 2.39. The van der Waals surface area contributed by atoms with Crippen LogP contribution < -0.4 is 10.6 Å². The van der Waals surface area contributed by atoms with Gasteiger partial charge in [0.25, 0.3) is 0 Å². The van der Waals surface area contributed by atoms with Crippen LogP contribution in [0.2, 0.25) is 0 Å². The minimum atomic E-state index is -0.103. The van der Waals surface area contributed by atoms with E-state index in [0.29, 0.717) is 5.91 Å². The molecule has 2 fully saturated rings. The van der Waals surface area contributed by atoms with Gasteiger partial charge in [-0.1, -0.05) is 26.2 Å². The lowest BCUT2D eigenvalue weighted by Crippen LogP contribution is -2.42. The summed E-state index contributed by atoms with van der Waals surface area (Å²) in [5.41, 5.74) is -0.103. The molecule has 1 amide bonds. The van der Waals surface area contributed by atoms with Gasteiger partial charge in [0.15, 0.2) is 0 Å². The van der Waals surface area contributed by atoms with Gasteiger partial charge in [0, 0.05) is 13.1 Å². The fourth-order valence-corrected chi connectivity index (χ4v) is 2.93. The summed E-state index contributed by atoms with van der Waals surface area (Å²) in [6.07, 6.45) is 8.42. The maximum absolute atomic E-state index is 12.3. The summed E-state index contributed by atoms with van der Waals surface area (Å²) < 4.78 is 0. The van der Waals surface area contributed by atoms with Gasteiger partial charge in [0.2, 0.25) is 5.91 Å². The lowest BCUT2D eigenvalue weighted by Gasteiger charge is -2.26. The molecule has 1 heterocycles. The Morgan fingerprint density at radius 3 is 2.88 bits per heavy atom. The van der Waals surface area contributed by atoms with Gasteiger partial charge in [-0.05, 0) is 38.1 Å². The lowest BCUT2D eigenvalue weighted by molar-refractivity contribution is -0.130. The second kappa shape index (κ2) is 5.85. The molecule has 98 valence electrons. The second-order valence-corrected chi connectivity index (χ2v) is 5.80. The van der Waals surface area contributed by atoms with E-state index in [2.05, 4.69) is 17.6 Å². The summed E-state index contributed by atoms with van der Waals surface area (Å²) in [5.74, 6) is 1.27. The minimum Gasteiger partial charge on any atom is -0.356 e. The Hall–Kier alpha value is -0.570. The van der Waals surface area contributed by atoms with Crippen molar-refractivity contribution in [1.29, 1.82) is 0 Å². The average Bonchev–Trinajstić information content (AvgIpc) is 3.03. The first-order chi connectivity index (χ1) is 8.27. The van der Waals surface area contributed by atoms with Crippen LogP contribution in [-0.4, -0.2) is 25.5 Å². The predicted octanol–water partition coefficient (Wildman–Crippen LogP) is 2.07. The lowest BCUT2D eigenvalue weighted by atomic mass is 9.81. The number of carbonyl (C=O) groups excluding carboxylic acids is 1. The maximum Gasteiger partial charge on any atom is 0.227 e. The van der Waals surface area contributed by atoms with E-state index in [1.807, 2.05) is 0 Å². The Balaban J connectivity index is 1.71. The fraction of sp³-hybridized carbons (Fsp3) is 0.929. The third-order valence-corrected chi connectivity index (χ3v) is 4.23. The van der Waals surface area contributed by atoms with Crippen molar-refractivity contribution in [3.8, 4) is 0 Å². The molecule has 17 heavy (non-hydrogen) atoms. The van der Waals surface area contributed by atoms with Crippen molar-refractivity contribution in [3.05, 3.63) is 0 Å². The van der Waals surface area contributed by atoms with Gasteiger partial charge < -0.3 is 10.6 Å². The van der Waals surface area contributed by atoms with E-state index in [0.717, 1.165) is 51.2 Å². The van der Waals surface area contributed by atoms with Crippen molar-refractivity contribution in [2.24, 2.45) is 11.3 Å². The molecule has 0 aromatic carbocycles. The summed E-state index contributed by atoms with van der Waals surface area (Å²) in [6, 6.07) is 0. The molecule has 0 bridgehead atoms. The number of nitrogens with one attached hydrogen (secondary N) is 2. The van der Waals surface area contributed by atoms with Crippen LogP contribution in [0.15, 0.2) is 0 Å². The molecule has 3 heteroatoms. The topological polar surface area (TPSA) is 41.1 Å². The fourth-order valence-electron chi connectivity index (χ4n) is 2.93.